The molecule has 0 aromatic heterocycles. The van der Waals surface area contributed by atoms with Gasteiger partial charge in [0.25, 0.3) is 0 Å². The van der Waals surface area contributed by atoms with Gasteiger partial charge in [-0.05, 0) is 32.6 Å². The number of hydrogen-bond acceptors (Lipinski definition) is 2. The van der Waals surface area contributed by atoms with Gasteiger partial charge >= 0.3 is 0 Å². The molecule has 2 bridgehead atoms. The predicted molar refractivity (Wildman–Crippen MR) is 49.2 cm³/mol. The maximum atomic E-state index is 5.26. The monoisotopic (exact) mass is 169 g/mol. The number of methoxy groups -OCH3 is 1. The van der Waals surface area contributed by atoms with Gasteiger partial charge in [0.15, 0.2) is 0 Å². The number of piperidine rings is 1. The van der Waals surface area contributed by atoms with Crippen LogP contribution in [0.15, 0.2) is 0 Å². The van der Waals surface area contributed by atoms with Crippen LogP contribution in [0.2, 0.25) is 0 Å². The fourth-order valence-corrected chi connectivity index (χ4v) is 2.81. The minimum atomic E-state index is 0.388. The lowest BCUT2D eigenvalue weighted by atomic mass is 9.81. The fourth-order valence-electron chi connectivity index (χ4n) is 2.81. The van der Waals surface area contributed by atoms with Crippen molar-refractivity contribution in [3.8, 4) is 0 Å². The smallest absolute Gasteiger partial charge is 0.0508 e. The molecule has 0 aliphatic carbocycles. The molecule has 0 aromatic carbocycles. The van der Waals surface area contributed by atoms with E-state index in [1.54, 1.807) is 0 Å². The molecule has 70 valence electrons. The highest BCUT2D eigenvalue weighted by Gasteiger charge is 2.44. The van der Waals surface area contributed by atoms with Crippen molar-refractivity contribution in [2.75, 3.05) is 13.7 Å². The van der Waals surface area contributed by atoms with E-state index in [0.717, 1.165) is 18.6 Å². The molecule has 2 heteroatoms. The van der Waals surface area contributed by atoms with Crippen LogP contribution < -0.4 is 5.32 Å². The average Bonchev–Trinajstić information content (AvgIpc) is 2.36. The Morgan fingerprint density at radius 2 is 2.25 bits per heavy atom. The van der Waals surface area contributed by atoms with Gasteiger partial charge in [-0.2, -0.15) is 0 Å². The minimum Gasteiger partial charge on any atom is -0.384 e. The summed E-state index contributed by atoms with van der Waals surface area (Å²) < 4.78 is 5.26. The van der Waals surface area contributed by atoms with Gasteiger partial charge in [-0.3, -0.25) is 0 Å². The fraction of sp³-hybridized carbons (Fsp3) is 1.00. The molecular formula is C10H19NO. The molecular weight excluding hydrogens is 150 g/mol. The summed E-state index contributed by atoms with van der Waals surface area (Å²) >= 11 is 0. The first kappa shape index (κ1) is 8.52. The Bertz CT molecular complexity index is 171. The molecule has 3 atom stereocenters. The van der Waals surface area contributed by atoms with E-state index in [0.29, 0.717) is 5.54 Å². The summed E-state index contributed by atoms with van der Waals surface area (Å²) in [6, 6.07) is 0.808. The molecule has 2 rings (SSSR count). The average molecular weight is 169 g/mol. The van der Waals surface area contributed by atoms with Crippen molar-refractivity contribution in [3.63, 3.8) is 0 Å². The van der Waals surface area contributed by atoms with Crippen molar-refractivity contribution in [2.24, 2.45) is 5.92 Å². The van der Waals surface area contributed by atoms with Gasteiger partial charge in [0.2, 0.25) is 0 Å². The Balaban J connectivity index is 2.04. The second-order valence-corrected chi connectivity index (χ2v) is 4.53. The van der Waals surface area contributed by atoms with Gasteiger partial charge in [0.1, 0.15) is 0 Å². The van der Waals surface area contributed by atoms with Gasteiger partial charge in [-0.25, -0.2) is 0 Å². The van der Waals surface area contributed by atoms with Crippen LogP contribution in [-0.2, 0) is 4.74 Å². The SMILES string of the molecule is COCC1CCC2CCC1(C)N2. The van der Waals surface area contributed by atoms with Gasteiger partial charge in [0, 0.05) is 24.6 Å². The summed E-state index contributed by atoms with van der Waals surface area (Å²) in [5.41, 5.74) is 0.388. The van der Waals surface area contributed by atoms with Crippen LogP contribution in [0.3, 0.4) is 0 Å². The van der Waals surface area contributed by atoms with Gasteiger partial charge in [0.05, 0.1) is 6.61 Å². The first-order valence-electron chi connectivity index (χ1n) is 5.01. The second-order valence-electron chi connectivity index (χ2n) is 4.53. The first-order valence-corrected chi connectivity index (χ1v) is 5.01. The Morgan fingerprint density at radius 1 is 1.42 bits per heavy atom. The lowest BCUT2D eigenvalue weighted by molar-refractivity contribution is 0.0789. The minimum absolute atomic E-state index is 0.388. The highest BCUT2D eigenvalue weighted by molar-refractivity contribution is 5.02. The normalized spacial score (nSPS) is 46.5. The molecule has 2 fully saturated rings. The molecule has 0 amide bonds. The van der Waals surface area contributed by atoms with Crippen LogP contribution in [0.1, 0.15) is 32.6 Å². The number of fused-ring (bicyclic) bond motifs is 2. The van der Waals surface area contributed by atoms with Gasteiger partial charge < -0.3 is 10.1 Å². The van der Waals surface area contributed by atoms with Crippen LogP contribution in [0.4, 0.5) is 0 Å². The zero-order chi connectivity index (χ0) is 8.60. The third-order valence-electron chi connectivity index (χ3n) is 3.68. The van der Waals surface area contributed by atoms with E-state index in [9.17, 15) is 0 Å². The van der Waals surface area contributed by atoms with Crippen molar-refractivity contribution in [1.29, 1.82) is 0 Å². The van der Waals surface area contributed by atoms with Crippen molar-refractivity contribution >= 4 is 0 Å². The largest absolute Gasteiger partial charge is 0.384 e. The molecule has 0 saturated carbocycles. The van der Waals surface area contributed by atoms with E-state index < -0.39 is 0 Å². The maximum absolute atomic E-state index is 5.26. The Hall–Kier alpha value is -0.0800. The molecule has 2 nitrogen and oxygen atoms in total. The van der Waals surface area contributed by atoms with Crippen LogP contribution >= 0.6 is 0 Å². The number of ether oxygens (including phenoxy) is 1. The van der Waals surface area contributed by atoms with E-state index in [1.165, 1.54) is 25.7 Å². The highest BCUT2D eigenvalue weighted by Crippen LogP contribution is 2.39. The molecule has 2 saturated heterocycles. The molecule has 0 radical (unpaired) electrons. The number of nitrogens with one attached hydrogen (secondary N) is 1. The summed E-state index contributed by atoms with van der Waals surface area (Å²) in [5, 5.41) is 3.72. The van der Waals surface area contributed by atoms with Gasteiger partial charge in [-0.1, -0.05) is 0 Å². The molecule has 2 aliphatic heterocycles. The molecule has 0 spiro atoms. The molecule has 2 heterocycles. The molecule has 3 unspecified atom stereocenters. The van der Waals surface area contributed by atoms with E-state index >= 15 is 0 Å². The van der Waals surface area contributed by atoms with Crippen LogP contribution in [-0.4, -0.2) is 25.3 Å². The molecule has 0 aromatic rings. The zero-order valence-corrected chi connectivity index (χ0v) is 8.10. The predicted octanol–water partition coefficient (Wildman–Crippen LogP) is 1.55. The number of rotatable bonds is 2. The quantitative estimate of drug-likeness (QED) is 0.677. The number of hydrogen-bond donors (Lipinski definition) is 1. The summed E-state index contributed by atoms with van der Waals surface area (Å²) in [6.07, 6.45) is 5.41. The van der Waals surface area contributed by atoms with Crippen LogP contribution in [0, 0.1) is 5.92 Å². The highest BCUT2D eigenvalue weighted by atomic mass is 16.5. The van der Waals surface area contributed by atoms with Crippen molar-refractivity contribution < 1.29 is 4.74 Å². The van der Waals surface area contributed by atoms with Crippen molar-refractivity contribution in [3.05, 3.63) is 0 Å². The Kier molecular flexibility index (Phi) is 2.13. The topological polar surface area (TPSA) is 21.3 Å². The van der Waals surface area contributed by atoms with E-state index in [2.05, 4.69) is 12.2 Å². The van der Waals surface area contributed by atoms with Crippen molar-refractivity contribution in [2.45, 2.75) is 44.2 Å². The van der Waals surface area contributed by atoms with Crippen LogP contribution in [0.25, 0.3) is 0 Å². The molecule has 1 N–H and O–H groups in total. The second kappa shape index (κ2) is 3.00. The van der Waals surface area contributed by atoms with E-state index in [4.69, 9.17) is 4.74 Å². The molecule has 2 aliphatic rings. The molecule has 12 heavy (non-hydrogen) atoms. The van der Waals surface area contributed by atoms with E-state index in [-0.39, 0.29) is 0 Å². The lowest BCUT2D eigenvalue weighted by Gasteiger charge is -2.39. The van der Waals surface area contributed by atoms with Crippen molar-refractivity contribution in [1.82, 2.24) is 5.32 Å². The maximum Gasteiger partial charge on any atom is 0.0508 e. The third kappa shape index (κ3) is 1.27. The van der Waals surface area contributed by atoms with E-state index in [1.807, 2.05) is 7.11 Å². The zero-order valence-electron chi connectivity index (χ0n) is 8.10. The first-order chi connectivity index (χ1) is 5.74. The Morgan fingerprint density at radius 3 is 3.00 bits per heavy atom. The van der Waals surface area contributed by atoms with Crippen LogP contribution in [0.5, 0.6) is 0 Å². The lowest BCUT2D eigenvalue weighted by Crippen LogP contribution is -2.51. The summed E-state index contributed by atoms with van der Waals surface area (Å²) in [6.45, 7) is 3.28. The van der Waals surface area contributed by atoms with Gasteiger partial charge in [-0.15, -0.1) is 0 Å². The standard InChI is InChI=1S/C10H19NO/c1-10-6-5-9(11-10)4-3-8(10)7-12-2/h8-9,11H,3-7H2,1-2H3. The summed E-state index contributed by atoms with van der Waals surface area (Å²) in [5.74, 6) is 0.737. The Labute approximate surface area is 74.7 Å². The third-order valence-corrected chi connectivity index (χ3v) is 3.68. The summed E-state index contributed by atoms with van der Waals surface area (Å²) in [7, 11) is 1.81. The summed E-state index contributed by atoms with van der Waals surface area (Å²) in [4.78, 5) is 0.